The number of para-hydroxylation sites is 1. The van der Waals surface area contributed by atoms with E-state index in [1.165, 1.54) is 22.0 Å². The van der Waals surface area contributed by atoms with E-state index in [9.17, 15) is 0 Å². The second-order valence-electron chi connectivity index (χ2n) is 5.44. The molecule has 0 saturated carbocycles. The summed E-state index contributed by atoms with van der Waals surface area (Å²) in [6.07, 6.45) is 2.20. The summed E-state index contributed by atoms with van der Waals surface area (Å²) in [6.45, 7) is 3.03. The summed E-state index contributed by atoms with van der Waals surface area (Å²) in [6, 6.07) is 16.8. The number of nitrogens with one attached hydrogen (secondary N) is 1. The average Bonchev–Trinajstić information content (AvgIpc) is 2.83. The Labute approximate surface area is 130 Å². The third-order valence-electron chi connectivity index (χ3n) is 3.95. The number of nitrogens with zero attached hydrogens (tertiary/aromatic N) is 1. The van der Waals surface area contributed by atoms with E-state index < -0.39 is 0 Å². The van der Waals surface area contributed by atoms with Gasteiger partial charge in [0.25, 0.3) is 0 Å². The van der Waals surface area contributed by atoms with E-state index in [0.717, 1.165) is 11.6 Å². The Morgan fingerprint density at radius 3 is 2.57 bits per heavy atom. The van der Waals surface area contributed by atoms with Gasteiger partial charge in [0.1, 0.15) is 0 Å². The van der Waals surface area contributed by atoms with Gasteiger partial charge in [0, 0.05) is 41.8 Å². The normalized spacial score (nSPS) is 12.7. The van der Waals surface area contributed by atoms with Gasteiger partial charge in [-0.25, -0.2) is 0 Å². The van der Waals surface area contributed by atoms with Gasteiger partial charge in [-0.05, 0) is 36.2 Å². The second-order valence-corrected chi connectivity index (χ2v) is 5.87. The molecule has 0 aliphatic rings. The number of rotatable bonds is 4. The minimum atomic E-state index is 0.293. The molecular weight excluding hydrogens is 280 g/mol. The SMILES string of the molecule is CC(NCc1cn(C)c2ccccc12)c1ccc(Cl)cc1. The summed E-state index contributed by atoms with van der Waals surface area (Å²) >= 11 is 5.93. The summed E-state index contributed by atoms with van der Waals surface area (Å²) < 4.78 is 2.18. The van der Waals surface area contributed by atoms with Crippen LogP contribution in [0.2, 0.25) is 5.02 Å². The Morgan fingerprint density at radius 1 is 1.10 bits per heavy atom. The van der Waals surface area contributed by atoms with Crippen LogP contribution in [0, 0.1) is 0 Å². The molecule has 1 atom stereocenters. The molecule has 21 heavy (non-hydrogen) atoms. The predicted molar refractivity (Wildman–Crippen MR) is 89.6 cm³/mol. The fourth-order valence-corrected chi connectivity index (χ4v) is 2.82. The zero-order valence-corrected chi connectivity index (χ0v) is 13.1. The van der Waals surface area contributed by atoms with Crippen molar-refractivity contribution in [2.24, 2.45) is 7.05 Å². The molecule has 1 unspecified atom stereocenters. The molecule has 0 saturated heterocycles. The molecule has 0 fully saturated rings. The quantitative estimate of drug-likeness (QED) is 0.740. The number of fused-ring (bicyclic) bond motifs is 1. The van der Waals surface area contributed by atoms with Gasteiger partial charge in [-0.1, -0.05) is 41.9 Å². The number of hydrogen-bond acceptors (Lipinski definition) is 1. The fourth-order valence-electron chi connectivity index (χ4n) is 2.70. The van der Waals surface area contributed by atoms with Crippen LogP contribution in [0.4, 0.5) is 0 Å². The van der Waals surface area contributed by atoms with Gasteiger partial charge >= 0.3 is 0 Å². The highest BCUT2D eigenvalue weighted by molar-refractivity contribution is 6.30. The van der Waals surface area contributed by atoms with E-state index in [1.807, 2.05) is 12.1 Å². The van der Waals surface area contributed by atoms with Crippen LogP contribution >= 0.6 is 11.6 Å². The van der Waals surface area contributed by atoms with Crippen molar-refractivity contribution < 1.29 is 0 Å². The zero-order valence-electron chi connectivity index (χ0n) is 12.3. The second kappa shape index (κ2) is 5.92. The highest BCUT2D eigenvalue weighted by Crippen LogP contribution is 2.22. The van der Waals surface area contributed by atoms with Gasteiger partial charge < -0.3 is 9.88 Å². The Balaban J connectivity index is 1.76. The Kier molecular flexibility index (Phi) is 4.00. The minimum Gasteiger partial charge on any atom is -0.350 e. The molecule has 2 nitrogen and oxygen atoms in total. The van der Waals surface area contributed by atoms with E-state index in [4.69, 9.17) is 11.6 Å². The monoisotopic (exact) mass is 298 g/mol. The Hall–Kier alpha value is -1.77. The zero-order chi connectivity index (χ0) is 14.8. The molecular formula is C18H19ClN2. The van der Waals surface area contributed by atoms with Crippen molar-refractivity contribution in [3.63, 3.8) is 0 Å². The number of aromatic nitrogens is 1. The lowest BCUT2D eigenvalue weighted by Gasteiger charge is -2.14. The highest BCUT2D eigenvalue weighted by Gasteiger charge is 2.08. The predicted octanol–water partition coefficient (Wildman–Crippen LogP) is 4.68. The molecule has 2 aromatic carbocycles. The molecule has 1 heterocycles. The first-order valence-corrected chi connectivity index (χ1v) is 7.55. The van der Waals surface area contributed by atoms with Crippen molar-refractivity contribution in [3.8, 4) is 0 Å². The van der Waals surface area contributed by atoms with Crippen molar-refractivity contribution in [1.82, 2.24) is 9.88 Å². The van der Waals surface area contributed by atoms with Crippen LogP contribution in [0.5, 0.6) is 0 Å². The highest BCUT2D eigenvalue weighted by atomic mass is 35.5. The number of halogens is 1. The molecule has 1 aromatic heterocycles. The average molecular weight is 299 g/mol. The number of benzene rings is 2. The molecule has 0 aliphatic carbocycles. The molecule has 108 valence electrons. The van der Waals surface area contributed by atoms with Crippen molar-refractivity contribution in [2.75, 3.05) is 0 Å². The molecule has 3 aromatic rings. The van der Waals surface area contributed by atoms with Crippen LogP contribution in [0.15, 0.2) is 54.7 Å². The standard InChI is InChI=1S/C18H19ClN2/c1-13(14-7-9-16(19)10-8-14)20-11-15-12-21(2)18-6-4-3-5-17(15)18/h3-10,12-13,20H,11H2,1-2H3. The number of hydrogen-bond donors (Lipinski definition) is 1. The van der Waals surface area contributed by atoms with Gasteiger partial charge in [0.15, 0.2) is 0 Å². The van der Waals surface area contributed by atoms with Crippen molar-refractivity contribution in [2.45, 2.75) is 19.5 Å². The molecule has 0 aliphatic heterocycles. The summed E-state index contributed by atoms with van der Waals surface area (Å²) in [7, 11) is 2.09. The van der Waals surface area contributed by atoms with E-state index in [-0.39, 0.29) is 0 Å². The molecule has 1 N–H and O–H groups in total. The fraction of sp³-hybridized carbons (Fsp3) is 0.222. The van der Waals surface area contributed by atoms with E-state index in [2.05, 4.69) is 66.5 Å². The van der Waals surface area contributed by atoms with Gasteiger partial charge in [0.2, 0.25) is 0 Å². The maximum atomic E-state index is 5.93. The van der Waals surface area contributed by atoms with Crippen molar-refractivity contribution in [3.05, 3.63) is 70.9 Å². The van der Waals surface area contributed by atoms with Gasteiger partial charge in [-0.15, -0.1) is 0 Å². The summed E-state index contributed by atoms with van der Waals surface area (Å²) in [4.78, 5) is 0. The molecule has 3 heteroatoms. The molecule has 0 amide bonds. The summed E-state index contributed by atoms with van der Waals surface area (Å²) in [5, 5.41) is 5.68. The Morgan fingerprint density at radius 2 is 1.81 bits per heavy atom. The van der Waals surface area contributed by atoms with Gasteiger partial charge in [0.05, 0.1) is 0 Å². The van der Waals surface area contributed by atoms with Crippen LogP contribution in [0.25, 0.3) is 10.9 Å². The smallest absolute Gasteiger partial charge is 0.0481 e. The maximum absolute atomic E-state index is 5.93. The molecule has 3 rings (SSSR count). The Bertz CT molecular complexity index is 744. The van der Waals surface area contributed by atoms with E-state index in [1.54, 1.807) is 0 Å². The van der Waals surface area contributed by atoms with Crippen molar-refractivity contribution in [1.29, 1.82) is 0 Å². The first kappa shape index (κ1) is 14.2. The first-order valence-electron chi connectivity index (χ1n) is 7.17. The first-order chi connectivity index (χ1) is 10.1. The van der Waals surface area contributed by atoms with Crippen LogP contribution in [-0.2, 0) is 13.6 Å². The molecule has 0 radical (unpaired) electrons. The van der Waals surface area contributed by atoms with Gasteiger partial charge in [-0.2, -0.15) is 0 Å². The van der Waals surface area contributed by atoms with Gasteiger partial charge in [-0.3, -0.25) is 0 Å². The summed E-state index contributed by atoms with van der Waals surface area (Å²) in [5.74, 6) is 0. The molecule has 0 bridgehead atoms. The van der Waals surface area contributed by atoms with Crippen LogP contribution in [0.1, 0.15) is 24.1 Å². The summed E-state index contributed by atoms with van der Waals surface area (Å²) in [5.41, 5.74) is 3.85. The maximum Gasteiger partial charge on any atom is 0.0481 e. The minimum absolute atomic E-state index is 0.293. The lowest BCUT2D eigenvalue weighted by molar-refractivity contribution is 0.576. The van der Waals surface area contributed by atoms with Crippen LogP contribution in [0.3, 0.4) is 0 Å². The van der Waals surface area contributed by atoms with E-state index in [0.29, 0.717) is 6.04 Å². The third-order valence-corrected chi connectivity index (χ3v) is 4.20. The van der Waals surface area contributed by atoms with Crippen LogP contribution < -0.4 is 5.32 Å². The number of aryl methyl sites for hydroxylation is 1. The molecule has 0 spiro atoms. The van der Waals surface area contributed by atoms with E-state index >= 15 is 0 Å². The third kappa shape index (κ3) is 2.97. The van der Waals surface area contributed by atoms with Crippen LogP contribution in [-0.4, -0.2) is 4.57 Å². The largest absolute Gasteiger partial charge is 0.350 e. The van der Waals surface area contributed by atoms with Crippen molar-refractivity contribution >= 4 is 22.5 Å². The topological polar surface area (TPSA) is 17.0 Å². The lowest BCUT2D eigenvalue weighted by atomic mass is 10.1. The lowest BCUT2D eigenvalue weighted by Crippen LogP contribution is -2.17.